The van der Waals surface area contributed by atoms with Gasteiger partial charge in [0, 0.05) is 31.3 Å². The molecule has 0 heterocycles. The van der Waals surface area contributed by atoms with Crippen LogP contribution in [0.5, 0.6) is 5.75 Å². The minimum absolute atomic E-state index is 0.0426. The standard InChI is InChI=1S/C14H23N3O4/c1-17(8-12(18)9-20-2)7-11-6-10(14(15)16-19)4-5-13(11)21-3/h4-6,12,18-19H,7-9H2,1-3H3,(H2,15,16). The van der Waals surface area contributed by atoms with Gasteiger partial charge in [-0.25, -0.2) is 0 Å². The molecule has 0 aromatic heterocycles. The van der Waals surface area contributed by atoms with Crippen LogP contribution >= 0.6 is 0 Å². The Labute approximate surface area is 124 Å². The van der Waals surface area contributed by atoms with E-state index in [-0.39, 0.29) is 12.4 Å². The highest BCUT2D eigenvalue weighted by molar-refractivity contribution is 5.97. The van der Waals surface area contributed by atoms with Crippen molar-refractivity contribution in [2.75, 3.05) is 34.4 Å². The summed E-state index contributed by atoms with van der Waals surface area (Å²) in [6.45, 7) is 1.30. The summed E-state index contributed by atoms with van der Waals surface area (Å²) >= 11 is 0. The fourth-order valence-corrected chi connectivity index (χ4v) is 2.08. The molecule has 4 N–H and O–H groups in total. The first-order chi connectivity index (χ1) is 10.0. The predicted octanol–water partition coefficient (Wildman–Crippen LogP) is 0.229. The van der Waals surface area contributed by atoms with Crippen LogP contribution in [-0.2, 0) is 11.3 Å². The number of nitrogens with zero attached hydrogens (tertiary/aromatic N) is 2. The number of amidine groups is 1. The van der Waals surface area contributed by atoms with Crippen LogP contribution in [-0.4, -0.2) is 61.6 Å². The molecular weight excluding hydrogens is 274 g/mol. The maximum Gasteiger partial charge on any atom is 0.170 e. The molecule has 7 nitrogen and oxygen atoms in total. The Hall–Kier alpha value is -1.83. The average Bonchev–Trinajstić information content (AvgIpc) is 2.46. The van der Waals surface area contributed by atoms with Gasteiger partial charge in [-0.2, -0.15) is 0 Å². The summed E-state index contributed by atoms with van der Waals surface area (Å²) in [5.74, 6) is 0.749. The van der Waals surface area contributed by atoms with Gasteiger partial charge in [-0.15, -0.1) is 0 Å². The molecule has 0 bridgehead atoms. The molecule has 0 aliphatic rings. The van der Waals surface area contributed by atoms with Crippen molar-refractivity contribution in [3.63, 3.8) is 0 Å². The molecule has 1 atom stereocenters. The van der Waals surface area contributed by atoms with E-state index in [9.17, 15) is 5.11 Å². The molecule has 118 valence electrons. The number of aliphatic hydroxyl groups is 1. The Morgan fingerprint density at radius 3 is 2.71 bits per heavy atom. The maximum atomic E-state index is 9.73. The largest absolute Gasteiger partial charge is 0.496 e. The van der Waals surface area contributed by atoms with Gasteiger partial charge >= 0.3 is 0 Å². The van der Waals surface area contributed by atoms with Gasteiger partial charge in [0.25, 0.3) is 0 Å². The number of methoxy groups -OCH3 is 2. The van der Waals surface area contributed by atoms with E-state index in [2.05, 4.69) is 5.16 Å². The molecule has 0 saturated heterocycles. The molecule has 0 spiro atoms. The zero-order valence-electron chi connectivity index (χ0n) is 12.6. The van der Waals surface area contributed by atoms with Crippen molar-refractivity contribution in [1.82, 2.24) is 4.90 Å². The Balaban J connectivity index is 2.84. The number of oxime groups is 1. The van der Waals surface area contributed by atoms with E-state index in [0.29, 0.717) is 24.4 Å². The van der Waals surface area contributed by atoms with E-state index in [1.54, 1.807) is 32.4 Å². The minimum atomic E-state index is -0.557. The highest BCUT2D eigenvalue weighted by Gasteiger charge is 2.12. The van der Waals surface area contributed by atoms with E-state index in [1.807, 2.05) is 11.9 Å². The Morgan fingerprint density at radius 2 is 2.14 bits per heavy atom. The van der Waals surface area contributed by atoms with Crippen LogP contribution in [0.4, 0.5) is 0 Å². The zero-order chi connectivity index (χ0) is 15.8. The van der Waals surface area contributed by atoms with Crippen molar-refractivity contribution in [3.05, 3.63) is 29.3 Å². The number of aliphatic hydroxyl groups excluding tert-OH is 1. The molecule has 0 saturated carbocycles. The van der Waals surface area contributed by atoms with Crippen molar-refractivity contribution in [3.8, 4) is 5.75 Å². The third-order valence-corrected chi connectivity index (χ3v) is 3.01. The third kappa shape index (κ3) is 5.22. The fraction of sp³-hybridized carbons (Fsp3) is 0.500. The molecule has 0 amide bonds. The normalized spacial score (nSPS) is 13.5. The SMILES string of the molecule is COCC(O)CN(C)Cc1cc(/C(N)=N/O)ccc1OC. The van der Waals surface area contributed by atoms with Crippen LogP contribution in [0, 0.1) is 0 Å². The van der Waals surface area contributed by atoms with Gasteiger partial charge in [0.05, 0.1) is 19.8 Å². The number of likely N-dealkylation sites (N-methyl/N-ethyl adjacent to an activating group) is 1. The predicted molar refractivity (Wildman–Crippen MR) is 79.7 cm³/mol. The summed E-state index contributed by atoms with van der Waals surface area (Å²) in [6, 6.07) is 5.28. The average molecular weight is 297 g/mol. The fourth-order valence-electron chi connectivity index (χ4n) is 2.08. The highest BCUT2D eigenvalue weighted by Crippen LogP contribution is 2.21. The summed E-state index contributed by atoms with van der Waals surface area (Å²) in [5, 5.41) is 21.5. The first-order valence-corrected chi connectivity index (χ1v) is 6.52. The lowest BCUT2D eigenvalue weighted by atomic mass is 10.1. The second-order valence-corrected chi connectivity index (χ2v) is 4.82. The van der Waals surface area contributed by atoms with Crippen LogP contribution in [0.25, 0.3) is 0 Å². The van der Waals surface area contributed by atoms with Crippen molar-refractivity contribution in [2.45, 2.75) is 12.6 Å². The Kier molecular flexibility index (Phi) is 6.93. The van der Waals surface area contributed by atoms with Gasteiger partial charge in [-0.3, -0.25) is 4.90 Å². The van der Waals surface area contributed by atoms with Crippen molar-refractivity contribution in [1.29, 1.82) is 0 Å². The lowest BCUT2D eigenvalue weighted by Crippen LogP contribution is -2.31. The van der Waals surface area contributed by atoms with Gasteiger partial charge < -0.3 is 25.5 Å². The van der Waals surface area contributed by atoms with E-state index in [0.717, 1.165) is 5.56 Å². The Morgan fingerprint density at radius 1 is 1.43 bits per heavy atom. The number of hydrogen-bond donors (Lipinski definition) is 3. The first kappa shape index (κ1) is 17.2. The molecule has 1 aromatic rings. The van der Waals surface area contributed by atoms with Gasteiger partial charge in [0.2, 0.25) is 0 Å². The summed E-state index contributed by atoms with van der Waals surface area (Å²) in [7, 11) is 5.02. The van der Waals surface area contributed by atoms with E-state index in [1.165, 1.54) is 0 Å². The number of benzene rings is 1. The highest BCUT2D eigenvalue weighted by atomic mass is 16.5. The molecule has 0 radical (unpaired) electrons. The van der Waals surface area contributed by atoms with E-state index >= 15 is 0 Å². The summed E-state index contributed by atoms with van der Waals surface area (Å²) in [6.07, 6.45) is -0.557. The van der Waals surface area contributed by atoms with Crippen LogP contribution in [0.3, 0.4) is 0 Å². The smallest absolute Gasteiger partial charge is 0.170 e. The molecule has 1 unspecified atom stereocenters. The van der Waals surface area contributed by atoms with Crippen LogP contribution in [0.2, 0.25) is 0 Å². The van der Waals surface area contributed by atoms with E-state index in [4.69, 9.17) is 20.4 Å². The number of rotatable bonds is 8. The summed E-state index contributed by atoms with van der Waals surface area (Å²) < 4.78 is 10.2. The molecule has 1 aromatic carbocycles. The van der Waals surface area contributed by atoms with Gasteiger partial charge in [-0.05, 0) is 25.2 Å². The number of nitrogens with two attached hydrogens (primary N) is 1. The minimum Gasteiger partial charge on any atom is -0.496 e. The zero-order valence-corrected chi connectivity index (χ0v) is 12.6. The number of hydrogen-bond acceptors (Lipinski definition) is 6. The first-order valence-electron chi connectivity index (χ1n) is 6.52. The molecule has 7 heteroatoms. The molecule has 0 fully saturated rings. The topological polar surface area (TPSA) is 101 Å². The number of ether oxygens (including phenoxy) is 2. The lowest BCUT2D eigenvalue weighted by molar-refractivity contribution is 0.0417. The van der Waals surface area contributed by atoms with Crippen LogP contribution < -0.4 is 10.5 Å². The van der Waals surface area contributed by atoms with Gasteiger partial charge in [0.1, 0.15) is 5.75 Å². The summed E-state index contributed by atoms with van der Waals surface area (Å²) in [4.78, 5) is 1.94. The van der Waals surface area contributed by atoms with Crippen molar-refractivity contribution >= 4 is 5.84 Å². The monoisotopic (exact) mass is 297 g/mol. The van der Waals surface area contributed by atoms with Crippen LogP contribution in [0.1, 0.15) is 11.1 Å². The van der Waals surface area contributed by atoms with Gasteiger partial charge in [-0.1, -0.05) is 5.16 Å². The molecule has 21 heavy (non-hydrogen) atoms. The van der Waals surface area contributed by atoms with Gasteiger partial charge in [0.15, 0.2) is 5.84 Å². The molecule has 0 aliphatic heterocycles. The quantitative estimate of drug-likeness (QED) is 0.275. The summed E-state index contributed by atoms with van der Waals surface area (Å²) in [5.41, 5.74) is 7.09. The Bertz CT molecular complexity index is 479. The van der Waals surface area contributed by atoms with Crippen molar-refractivity contribution in [2.24, 2.45) is 10.9 Å². The van der Waals surface area contributed by atoms with Crippen LogP contribution in [0.15, 0.2) is 23.4 Å². The molecular formula is C14H23N3O4. The second-order valence-electron chi connectivity index (χ2n) is 4.82. The third-order valence-electron chi connectivity index (χ3n) is 3.01. The molecule has 1 rings (SSSR count). The second kappa shape index (κ2) is 8.46. The molecule has 0 aliphatic carbocycles. The van der Waals surface area contributed by atoms with E-state index < -0.39 is 6.10 Å². The lowest BCUT2D eigenvalue weighted by Gasteiger charge is -2.21. The van der Waals surface area contributed by atoms with Crippen molar-refractivity contribution < 1.29 is 19.8 Å². The maximum absolute atomic E-state index is 9.73.